The number of rotatable bonds is 5. The molecule has 34 heavy (non-hydrogen) atoms. The van der Waals surface area contributed by atoms with Gasteiger partial charge in [0, 0.05) is 29.4 Å². The second-order valence-corrected chi connectivity index (χ2v) is 9.73. The molecule has 5 rings (SSSR count). The van der Waals surface area contributed by atoms with E-state index >= 15 is 0 Å². The first kappa shape index (κ1) is 22.9. The maximum atomic E-state index is 13.4. The van der Waals surface area contributed by atoms with Crippen LogP contribution < -0.4 is 4.90 Å². The number of anilines is 1. The normalized spacial score (nSPS) is 16.6. The van der Waals surface area contributed by atoms with Crippen LogP contribution in [-0.2, 0) is 6.42 Å². The predicted octanol–water partition coefficient (Wildman–Crippen LogP) is 7.10. The highest BCUT2D eigenvalue weighted by Gasteiger charge is 2.23. The van der Waals surface area contributed by atoms with E-state index in [2.05, 4.69) is 35.3 Å². The molecule has 0 aromatic heterocycles. The number of benzene rings is 3. The second-order valence-electron chi connectivity index (χ2n) is 9.30. The van der Waals surface area contributed by atoms with Gasteiger partial charge < -0.3 is 4.90 Å². The van der Waals surface area contributed by atoms with Gasteiger partial charge in [0.05, 0.1) is 0 Å². The number of carbonyl (C=O) groups excluding carboxylic acids is 1. The fourth-order valence-corrected chi connectivity index (χ4v) is 5.14. The first-order valence-electron chi connectivity index (χ1n) is 12.4. The summed E-state index contributed by atoms with van der Waals surface area (Å²) in [5.41, 5.74) is 6.41. The van der Waals surface area contributed by atoms with E-state index < -0.39 is 0 Å². The first-order valence-corrected chi connectivity index (χ1v) is 12.7. The van der Waals surface area contributed by atoms with Crippen LogP contribution in [0.4, 0.5) is 5.69 Å². The molecular formula is C30H31ClN2O. The van der Waals surface area contributed by atoms with Crippen molar-refractivity contribution < 1.29 is 4.79 Å². The van der Waals surface area contributed by atoms with Gasteiger partial charge in [-0.15, -0.1) is 0 Å². The molecule has 0 unspecified atom stereocenters. The minimum atomic E-state index is 0.0667. The number of nitrogens with zero attached hydrogens (tertiary/aromatic N) is 2. The maximum Gasteiger partial charge on any atom is 0.258 e. The number of aryl methyl sites for hydroxylation is 1. The van der Waals surface area contributed by atoms with Gasteiger partial charge >= 0.3 is 0 Å². The maximum absolute atomic E-state index is 13.4. The van der Waals surface area contributed by atoms with Crippen molar-refractivity contribution in [2.24, 2.45) is 0 Å². The Morgan fingerprint density at radius 2 is 1.53 bits per heavy atom. The Kier molecular flexibility index (Phi) is 7.13. The molecule has 0 atom stereocenters. The molecule has 0 saturated carbocycles. The SMILES string of the molecule is O=C(c1ccc(-c2ccc(Cl)cc2)cc1)N1CCCc2cc(/C=C/CN3CCCCC3)ccc21. The highest BCUT2D eigenvalue weighted by Crippen LogP contribution is 2.30. The largest absolute Gasteiger partial charge is 0.308 e. The second kappa shape index (κ2) is 10.6. The number of fused-ring (bicyclic) bond motifs is 1. The standard InChI is InChI=1S/C30H31ClN2O/c31-28-15-13-25(14-16-28)24-9-11-26(12-10-24)30(34)33-21-5-7-27-22-23(8-17-29(27)33)6-4-20-32-18-2-1-3-19-32/h4,6,8-17,22H,1-3,5,7,18-21H2/b6-4+. The summed E-state index contributed by atoms with van der Waals surface area (Å²) in [5.74, 6) is 0.0667. The Hall–Kier alpha value is -2.88. The molecule has 1 amide bonds. The minimum absolute atomic E-state index is 0.0667. The smallest absolute Gasteiger partial charge is 0.258 e. The average molecular weight is 471 g/mol. The van der Waals surface area contributed by atoms with Gasteiger partial charge in [0.1, 0.15) is 0 Å². The summed E-state index contributed by atoms with van der Waals surface area (Å²) in [4.78, 5) is 17.8. The van der Waals surface area contributed by atoms with Crippen LogP contribution >= 0.6 is 11.6 Å². The molecule has 2 heterocycles. The Balaban J connectivity index is 1.28. The number of carbonyl (C=O) groups is 1. The van der Waals surface area contributed by atoms with Crippen molar-refractivity contribution in [1.82, 2.24) is 4.90 Å². The van der Waals surface area contributed by atoms with Gasteiger partial charge in [0.15, 0.2) is 0 Å². The number of halogens is 1. The summed E-state index contributed by atoms with van der Waals surface area (Å²) in [6.45, 7) is 4.21. The molecule has 174 valence electrons. The lowest BCUT2D eigenvalue weighted by Gasteiger charge is -2.30. The lowest BCUT2D eigenvalue weighted by atomic mass is 9.97. The highest BCUT2D eigenvalue weighted by molar-refractivity contribution is 6.30. The zero-order valence-electron chi connectivity index (χ0n) is 19.6. The van der Waals surface area contributed by atoms with E-state index in [9.17, 15) is 4.79 Å². The van der Waals surface area contributed by atoms with Crippen LogP contribution in [0.3, 0.4) is 0 Å². The number of amides is 1. The van der Waals surface area contributed by atoms with Crippen molar-refractivity contribution in [3.63, 3.8) is 0 Å². The molecule has 0 radical (unpaired) electrons. The molecule has 3 nitrogen and oxygen atoms in total. The molecular weight excluding hydrogens is 440 g/mol. The minimum Gasteiger partial charge on any atom is -0.308 e. The fourth-order valence-electron chi connectivity index (χ4n) is 5.01. The molecule has 3 aromatic carbocycles. The van der Waals surface area contributed by atoms with Gasteiger partial charge in [-0.3, -0.25) is 9.69 Å². The zero-order valence-corrected chi connectivity index (χ0v) is 20.3. The lowest BCUT2D eigenvalue weighted by Crippen LogP contribution is -2.35. The zero-order chi connectivity index (χ0) is 23.3. The topological polar surface area (TPSA) is 23.6 Å². The van der Waals surface area contributed by atoms with Crippen LogP contribution in [0, 0.1) is 0 Å². The first-order chi connectivity index (χ1) is 16.7. The van der Waals surface area contributed by atoms with Gasteiger partial charge in [-0.1, -0.05) is 60.5 Å². The lowest BCUT2D eigenvalue weighted by molar-refractivity contribution is 0.0985. The van der Waals surface area contributed by atoms with E-state index in [1.807, 2.05) is 53.4 Å². The number of hydrogen-bond donors (Lipinski definition) is 0. The van der Waals surface area contributed by atoms with Crippen LogP contribution in [0.25, 0.3) is 17.2 Å². The van der Waals surface area contributed by atoms with E-state index in [-0.39, 0.29) is 5.91 Å². The van der Waals surface area contributed by atoms with Crippen molar-refractivity contribution in [2.75, 3.05) is 31.1 Å². The third-order valence-electron chi connectivity index (χ3n) is 6.90. The molecule has 0 bridgehead atoms. The van der Waals surface area contributed by atoms with Crippen molar-refractivity contribution in [3.05, 3.63) is 94.5 Å². The molecule has 2 aliphatic rings. The molecule has 1 saturated heterocycles. The molecule has 0 N–H and O–H groups in total. The van der Waals surface area contributed by atoms with Crippen molar-refractivity contribution >= 4 is 29.3 Å². The van der Waals surface area contributed by atoms with Gasteiger partial charge in [0.2, 0.25) is 0 Å². The number of piperidine rings is 1. The summed E-state index contributed by atoms with van der Waals surface area (Å²) < 4.78 is 0. The Morgan fingerprint density at radius 1 is 0.824 bits per heavy atom. The van der Waals surface area contributed by atoms with E-state index in [1.54, 1.807) is 0 Å². The summed E-state index contributed by atoms with van der Waals surface area (Å²) >= 11 is 6.00. The van der Waals surface area contributed by atoms with Crippen LogP contribution in [0.1, 0.15) is 47.2 Å². The van der Waals surface area contributed by atoms with E-state index in [0.29, 0.717) is 0 Å². The third kappa shape index (κ3) is 5.27. The molecule has 2 aliphatic heterocycles. The van der Waals surface area contributed by atoms with Gasteiger partial charge in [0.25, 0.3) is 5.91 Å². The Morgan fingerprint density at radius 3 is 2.26 bits per heavy atom. The molecule has 3 aromatic rings. The number of hydrogen-bond acceptors (Lipinski definition) is 2. The summed E-state index contributed by atoms with van der Waals surface area (Å²) in [5, 5.41) is 0.722. The monoisotopic (exact) mass is 470 g/mol. The summed E-state index contributed by atoms with van der Waals surface area (Å²) in [6, 6.07) is 22.2. The van der Waals surface area contributed by atoms with E-state index in [4.69, 9.17) is 11.6 Å². The Labute approximate surface area is 207 Å². The van der Waals surface area contributed by atoms with Gasteiger partial charge in [-0.2, -0.15) is 0 Å². The summed E-state index contributed by atoms with van der Waals surface area (Å²) in [7, 11) is 0. The third-order valence-corrected chi connectivity index (χ3v) is 7.15. The van der Waals surface area contributed by atoms with Gasteiger partial charge in [-0.05, 0) is 97.4 Å². The van der Waals surface area contributed by atoms with Crippen molar-refractivity contribution in [2.45, 2.75) is 32.1 Å². The number of likely N-dealkylation sites (tertiary alicyclic amines) is 1. The molecule has 1 fully saturated rings. The fraction of sp³-hybridized carbons (Fsp3) is 0.300. The quantitative estimate of drug-likeness (QED) is 0.397. The Bertz CT molecular complexity index is 1160. The molecule has 0 spiro atoms. The van der Waals surface area contributed by atoms with Crippen LogP contribution in [-0.4, -0.2) is 37.0 Å². The molecule has 0 aliphatic carbocycles. The van der Waals surface area contributed by atoms with Gasteiger partial charge in [-0.25, -0.2) is 0 Å². The summed E-state index contributed by atoms with van der Waals surface area (Å²) in [6.07, 6.45) is 10.5. The highest BCUT2D eigenvalue weighted by atomic mass is 35.5. The molecule has 4 heteroatoms. The van der Waals surface area contributed by atoms with Crippen molar-refractivity contribution in [1.29, 1.82) is 0 Å². The average Bonchev–Trinajstić information content (AvgIpc) is 2.89. The predicted molar refractivity (Wildman–Crippen MR) is 143 cm³/mol. The van der Waals surface area contributed by atoms with Crippen molar-refractivity contribution in [3.8, 4) is 11.1 Å². The van der Waals surface area contributed by atoms with Crippen LogP contribution in [0.5, 0.6) is 0 Å². The van der Waals surface area contributed by atoms with E-state index in [1.165, 1.54) is 43.5 Å². The van der Waals surface area contributed by atoms with Crippen LogP contribution in [0.15, 0.2) is 72.8 Å². The van der Waals surface area contributed by atoms with Crippen LogP contribution in [0.2, 0.25) is 5.02 Å². The van der Waals surface area contributed by atoms with E-state index in [0.717, 1.165) is 53.3 Å².